The second-order valence-corrected chi connectivity index (χ2v) is 3.56. The summed E-state index contributed by atoms with van der Waals surface area (Å²) in [6.45, 7) is 3.84. The zero-order valence-corrected chi connectivity index (χ0v) is 8.60. The zero-order chi connectivity index (χ0) is 10.6. The normalized spacial score (nSPS) is 14.8. The van der Waals surface area contributed by atoms with Crippen LogP contribution in [0.5, 0.6) is 0 Å². The molecule has 2 heteroatoms. The number of aliphatic hydroxyl groups is 1. The third-order valence-corrected chi connectivity index (χ3v) is 2.51. The molecule has 1 aromatic rings. The number of rotatable bonds is 4. The van der Waals surface area contributed by atoms with Crippen LogP contribution in [0.15, 0.2) is 30.3 Å². The topological polar surface area (TPSA) is 37.3 Å². The molecule has 2 unspecified atom stereocenters. The Morgan fingerprint density at radius 2 is 1.93 bits per heavy atom. The lowest BCUT2D eigenvalue weighted by molar-refractivity contribution is 0.0620. The lowest BCUT2D eigenvalue weighted by atomic mass is 9.94. The van der Waals surface area contributed by atoms with Crippen molar-refractivity contribution in [1.29, 1.82) is 0 Å². The first-order valence-electron chi connectivity index (χ1n) is 4.94. The first kappa shape index (κ1) is 10.9. The average Bonchev–Trinajstić information content (AvgIpc) is 2.27. The van der Waals surface area contributed by atoms with Crippen molar-refractivity contribution in [2.45, 2.75) is 26.4 Å². The van der Waals surface area contributed by atoms with Gasteiger partial charge in [-0.2, -0.15) is 0 Å². The smallest absolute Gasteiger partial charge is 0.191 e. The van der Waals surface area contributed by atoms with E-state index in [1.165, 1.54) is 0 Å². The molecule has 0 radical (unpaired) electrons. The highest BCUT2D eigenvalue weighted by molar-refractivity contribution is 5.99. The van der Waals surface area contributed by atoms with E-state index in [1.54, 1.807) is 24.3 Å². The predicted octanol–water partition coefficient (Wildman–Crippen LogP) is 2.28. The fraction of sp³-hybridized carbons (Fsp3) is 0.417. The van der Waals surface area contributed by atoms with E-state index in [2.05, 4.69) is 0 Å². The molecule has 0 spiro atoms. The first-order valence-corrected chi connectivity index (χ1v) is 4.94. The molecule has 0 aliphatic heterocycles. The van der Waals surface area contributed by atoms with Gasteiger partial charge in [0.25, 0.3) is 0 Å². The van der Waals surface area contributed by atoms with Crippen LogP contribution >= 0.6 is 0 Å². The summed E-state index contributed by atoms with van der Waals surface area (Å²) in [6.07, 6.45) is -0.0675. The predicted molar refractivity (Wildman–Crippen MR) is 56.2 cm³/mol. The molecular formula is C12H16O2. The molecule has 1 rings (SSSR count). The summed E-state index contributed by atoms with van der Waals surface area (Å²) < 4.78 is 0. The molecule has 0 fully saturated rings. The van der Waals surface area contributed by atoms with Crippen molar-refractivity contribution in [1.82, 2.24) is 0 Å². The van der Waals surface area contributed by atoms with Crippen molar-refractivity contribution in [3.63, 3.8) is 0 Å². The molecule has 0 saturated carbocycles. The Morgan fingerprint density at radius 1 is 1.36 bits per heavy atom. The maximum Gasteiger partial charge on any atom is 0.191 e. The molecule has 2 nitrogen and oxygen atoms in total. The number of hydrogen-bond donors (Lipinski definition) is 1. The highest BCUT2D eigenvalue weighted by Crippen LogP contribution is 2.13. The minimum absolute atomic E-state index is 0.0164. The SMILES string of the molecule is CCC(C)C(O)C(=O)c1ccccc1. The number of carbonyl (C=O) groups is 1. The summed E-state index contributed by atoms with van der Waals surface area (Å²) in [7, 11) is 0. The summed E-state index contributed by atoms with van der Waals surface area (Å²) in [4.78, 5) is 11.7. The fourth-order valence-electron chi connectivity index (χ4n) is 1.25. The molecule has 0 aliphatic rings. The van der Waals surface area contributed by atoms with Crippen LogP contribution in [-0.4, -0.2) is 17.0 Å². The Balaban J connectivity index is 2.76. The quantitative estimate of drug-likeness (QED) is 0.743. The Bertz CT molecular complexity index is 292. The van der Waals surface area contributed by atoms with Gasteiger partial charge in [-0.3, -0.25) is 4.79 Å². The molecule has 1 aromatic carbocycles. The highest BCUT2D eigenvalue weighted by atomic mass is 16.3. The van der Waals surface area contributed by atoms with E-state index in [0.717, 1.165) is 6.42 Å². The number of ketones is 1. The van der Waals surface area contributed by atoms with Crippen LogP contribution in [0.3, 0.4) is 0 Å². The van der Waals surface area contributed by atoms with Gasteiger partial charge in [-0.25, -0.2) is 0 Å². The van der Waals surface area contributed by atoms with E-state index in [4.69, 9.17) is 0 Å². The van der Waals surface area contributed by atoms with E-state index in [-0.39, 0.29) is 11.7 Å². The summed E-state index contributed by atoms with van der Waals surface area (Å²) >= 11 is 0. The van der Waals surface area contributed by atoms with Gasteiger partial charge >= 0.3 is 0 Å². The summed E-state index contributed by atoms with van der Waals surface area (Å²) in [5, 5.41) is 9.69. The number of benzene rings is 1. The summed E-state index contributed by atoms with van der Waals surface area (Å²) in [5.41, 5.74) is 0.584. The van der Waals surface area contributed by atoms with Gasteiger partial charge in [0.2, 0.25) is 0 Å². The van der Waals surface area contributed by atoms with Crippen molar-refractivity contribution in [3.05, 3.63) is 35.9 Å². The Hall–Kier alpha value is -1.15. The molecule has 0 heterocycles. The number of hydrogen-bond acceptors (Lipinski definition) is 2. The summed E-state index contributed by atoms with van der Waals surface area (Å²) in [6, 6.07) is 8.92. The second-order valence-electron chi connectivity index (χ2n) is 3.56. The van der Waals surface area contributed by atoms with E-state index in [1.807, 2.05) is 19.9 Å². The Kier molecular flexibility index (Phi) is 3.84. The lowest BCUT2D eigenvalue weighted by Crippen LogP contribution is -2.27. The van der Waals surface area contributed by atoms with E-state index in [9.17, 15) is 9.90 Å². The van der Waals surface area contributed by atoms with Gasteiger partial charge in [0.15, 0.2) is 5.78 Å². The highest BCUT2D eigenvalue weighted by Gasteiger charge is 2.21. The molecule has 0 saturated heterocycles. The monoisotopic (exact) mass is 192 g/mol. The minimum Gasteiger partial charge on any atom is -0.385 e. The van der Waals surface area contributed by atoms with Gasteiger partial charge in [0.05, 0.1) is 0 Å². The van der Waals surface area contributed by atoms with Crippen LogP contribution in [0.25, 0.3) is 0 Å². The molecule has 76 valence electrons. The van der Waals surface area contributed by atoms with Crippen molar-refractivity contribution in [2.75, 3.05) is 0 Å². The van der Waals surface area contributed by atoms with Crippen LogP contribution in [0.2, 0.25) is 0 Å². The number of aliphatic hydroxyl groups excluding tert-OH is 1. The molecule has 0 aromatic heterocycles. The van der Waals surface area contributed by atoms with E-state index >= 15 is 0 Å². The molecule has 0 amide bonds. The molecule has 0 aliphatic carbocycles. The fourth-order valence-corrected chi connectivity index (χ4v) is 1.25. The van der Waals surface area contributed by atoms with Gasteiger partial charge < -0.3 is 5.11 Å². The zero-order valence-electron chi connectivity index (χ0n) is 8.60. The molecule has 14 heavy (non-hydrogen) atoms. The van der Waals surface area contributed by atoms with Crippen molar-refractivity contribution < 1.29 is 9.90 Å². The first-order chi connectivity index (χ1) is 6.66. The molecule has 2 atom stereocenters. The largest absolute Gasteiger partial charge is 0.385 e. The third-order valence-electron chi connectivity index (χ3n) is 2.51. The maximum atomic E-state index is 11.7. The minimum atomic E-state index is -0.873. The Morgan fingerprint density at radius 3 is 2.43 bits per heavy atom. The van der Waals surface area contributed by atoms with Crippen LogP contribution in [0.1, 0.15) is 30.6 Å². The number of carbonyl (C=O) groups excluding carboxylic acids is 1. The van der Waals surface area contributed by atoms with Gasteiger partial charge in [0.1, 0.15) is 6.10 Å². The Labute approximate surface area is 84.6 Å². The number of Topliss-reactive ketones (excluding diaryl/α,β-unsaturated/α-hetero) is 1. The molecular weight excluding hydrogens is 176 g/mol. The van der Waals surface area contributed by atoms with Crippen molar-refractivity contribution in [3.8, 4) is 0 Å². The van der Waals surface area contributed by atoms with E-state index in [0.29, 0.717) is 5.56 Å². The van der Waals surface area contributed by atoms with E-state index < -0.39 is 6.10 Å². The molecule has 1 N–H and O–H groups in total. The molecule has 0 bridgehead atoms. The van der Waals surface area contributed by atoms with Gasteiger partial charge in [-0.05, 0) is 5.92 Å². The van der Waals surface area contributed by atoms with Gasteiger partial charge in [-0.15, -0.1) is 0 Å². The maximum absolute atomic E-state index is 11.7. The summed E-state index contributed by atoms with van der Waals surface area (Å²) in [5.74, 6) is -0.164. The van der Waals surface area contributed by atoms with Crippen LogP contribution in [0.4, 0.5) is 0 Å². The van der Waals surface area contributed by atoms with Crippen LogP contribution < -0.4 is 0 Å². The van der Waals surface area contributed by atoms with Gasteiger partial charge in [-0.1, -0.05) is 50.6 Å². The van der Waals surface area contributed by atoms with Crippen molar-refractivity contribution in [2.24, 2.45) is 5.92 Å². The van der Waals surface area contributed by atoms with Crippen molar-refractivity contribution >= 4 is 5.78 Å². The average molecular weight is 192 g/mol. The van der Waals surface area contributed by atoms with Crippen LogP contribution in [-0.2, 0) is 0 Å². The lowest BCUT2D eigenvalue weighted by Gasteiger charge is -2.15. The van der Waals surface area contributed by atoms with Crippen LogP contribution in [0, 0.1) is 5.92 Å². The van der Waals surface area contributed by atoms with Gasteiger partial charge in [0, 0.05) is 5.56 Å². The third kappa shape index (κ3) is 2.42. The standard InChI is InChI=1S/C12H16O2/c1-3-9(2)11(13)12(14)10-7-5-4-6-8-10/h4-9,11,13H,3H2,1-2H3. The second kappa shape index (κ2) is 4.91.